The van der Waals surface area contributed by atoms with Crippen molar-refractivity contribution in [1.82, 2.24) is 9.88 Å². The molecule has 0 spiro atoms. The zero-order chi connectivity index (χ0) is 14.2. The van der Waals surface area contributed by atoms with Crippen molar-refractivity contribution in [2.45, 2.75) is 31.5 Å². The molecule has 0 saturated carbocycles. The maximum atomic E-state index is 12.9. The summed E-state index contributed by atoms with van der Waals surface area (Å²) in [6.07, 6.45) is 2.90. The van der Waals surface area contributed by atoms with E-state index in [1.807, 2.05) is 24.1 Å². The van der Waals surface area contributed by atoms with E-state index in [0.717, 1.165) is 30.8 Å². The molecular formula is C15H22FN3O. The molecule has 0 radical (unpaired) electrons. The summed E-state index contributed by atoms with van der Waals surface area (Å²) in [7, 11) is 0. The van der Waals surface area contributed by atoms with Crippen molar-refractivity contribution < 1.29 is 9.50 Å². The second-order valence-electron chi connectivity index (χ2n) is 6.20. The Hall–Kier alpha value is -1.20. The summed E-state index contributed by atoms with van der Waals surface area (Å²) in [6.45, 7) is 5.02. The Bertz CT molecular complexity index is 461. The lowest BCUT2D eigenvalue weighted by Gasteiger charge is -2.45. The molecule has 2 saturated heterocycles. The van der Waals surface area contributed by atoms with E-state index in [-0.39, 0.29) is 0 Å². The zero-order valence-electron chi connectivity index (χ0n) is 11.9. The van der Waals surface area contributed by atoms with Crippen LogP contribution in [0, 0.1) is 6.92 Å². The molecule has 1 aromatic rings. The summed E-state index contributed by atoms with van der Waals surface area (Å²) in [6, 6.07) is 4.04. The third-order valence-electron chi connectivity index (χ3n) is 4.25. The summed E-state index contributed by atoms with van der Waals surface area (Å²) in [4.78, 5) is 8.50. The molecule has 0 amide bonds. The van der Waals surface area contributed by atoms with Crippen LogP contribution in [-0.2, 0) is 0 Å². The van der Waals surface area contributed by atoms with Crippen LogP contribution in [0.4, 0.5) is 10.1 Å². The quantitative estimate of drug-likeness (QED) is 0.907. The van der Waals surface area contributed by atoms with Gasteiger partial charge in [-0.1, -0.05) is 0 Å². The number of likely N-dealkylation sites (tertiary alicyclic amines) is 1. The molecule has 2 aliphatic heterocycles. The molecule has 110 valence electrons. The number of halogens is 1. The first-order chi connectivity index (χ1) is 9.54. The van der Waals surface area contributed by atoms with Gasteiger partial charge in [0.05, 0.1) is 17.5 Å². The number of aromatic nitrogens is 1. The SMILES string of the molecule is Cc1ccc(N2CCC[C@@](O)(CN3CC(F)C3)C2)cn1. The van der Waals surface area contributed by atoms with Crippen molar-refractivity contribution in [2.24, 2.45) is 0 Å². The van der Waals surface area contributed by atoms with Crippen LogP contribution in [-0.4, -0.2) is 59.5 Å². The second-order valence-corrected chi connectivity index (χ2v) is 6.20. The van der Waals surface area contributed by atoms with Crippen LogP contribution in [0.25, 0.3) is 0 Å². The topological polar surface area (TPSA) is 39.6 Å². The van der Waals surface area contributed by atoms with Crippen molar-refractivity contribution in [3.8, 4) is 0 Å². The van der Waals surface area contributed by atoms with Crippen LogP contribution >= 0.6 is 0 Å². The Morgan fingerprint density at radius 1 is 1.45 bits per heavy atom. The summed E-state index contributed by atoms with van der Waals surface area (Å²) in [5.41, 5.74) is 1.32. The van der Waals surface area contributed by atoms with Gasteiger partial charge in [-0.25, -0.2) is 4.39 Å². The van der Waals surface area contributed by atoms with E-state index in [4.69, 9.17) is 0 Å². The maximum Gasteiger partial charge on any atom is 0.125 e. The highest BCUT2D eigenvalue weighted by molar-refractivity contribution is 5.45. The molecule has 0 unspecified atom stereocenters. The van der Waals surface area contributed by atoms with Gasteiger partial charge in [0.2, 0.25) is 0 Å². The van der Waals surface area contributed by atoms with Gasteiger partial charge >= 0.3 is 0 Å². The molecule has 0 bridgehead atoms. The third-order valence-corrected chi connectivity index (χ3v) is 4.25. The van der Waals surface area contributed by atoms with Crippen molar-refractivity contribution in [1.29, 1.82) is 0 Å². The van der Waals surface area contributed by atoms with Gasteiger partial charge in [-0.3, -0.25) is 9.88 Å². The third kappa shape index (κ3) is 2.94. The summed E-state index contributed by atoms with van der Waals surface area (Å²) < 4.78 is 12.9. The van der Waals surface area contributed by atoms with Gasteiger partial charge in [0, 0.05) is 38.4 Å². The molecule has 3 heterocycles. The molecule has 1 atom stereocenters. The van der Waals surface area contributed by atoms with E-state index in [9.17, 15) is 9.50 Å². The highest BCUT2D eigenvalue weighted by Crippen LogP contribution is 2.28. The smallest absolute Gasteiger partial charge is 0.125 e. The maximum absolute atomic E-state index is 12.9. The number of nitrogens with zero attached hydrogens (tertiary/aromatic N) is 3. The van der Waals surface area contributed by atoms with Crippen LogP contribution in [0.5, 0.6) is 0 Å². The van der Waals surface area contributed by atoms with Crippen LogP contribution < -0.4 is 4.90 Å². The van der Waals surface area contributed by atoms with Gasteiger partial charge in [0.15, 0.2) is 0 Å². The van der Waals surface area contributed by atoms with E-state index in [1.165, 1.54) is 0 Å². The molecule has 3 rings (SSSR count). The summed E-state index contributed by atoms with van der Waals surface area (Å²) in [5, 5.41) is 10.8. The molecule has 0 aromatic carbocycles. The standard InChI is InChI=1S/C15H22FN3O/c1-12-3-4-14(7-17-12)19-6-2-5-15(20,11-19)10-18-8-13(16)9-18/h3-4,7,13,20H,2,5-6,8-11H2,1H3/t15-/m1/s1. The van der Waals surface area contributed by atoms with Crippen LogP contribution in [0.2, 0.25) is 0 Å². The predicted molar refractivity (Wildman–Crippen MR) is 76.7 cm³/mol. The lowest BCUT2D eigenvalue weighted by molar-refractivity contribution is -0.0445. The largest absolute Gasteiger partial charge is 0.387 e. The average Bonchev–Trinajstić information content (AvgIpc) is 2.37. The monoisotopic (exact) mass is 279 g/mol. The Morgan fingerprint density at radius 2 is 2.25 bits per heavy atom. The minimum Gasteiger partial charge on any atom is -0.387 e. The molecule has 20 heavy (non-hydrogen) atoms. The molecule has 1 aromatic heterocycles. The van der Waals surface area contributed by atoms with E-state index in [0.29, 0.717) is 26.2 Å². The van der Waals surface area contributed by atoms with E-state index >= 15 is 0 Å². The van der Waals surface area contributed by atoms with Gasteiger partial charge in [-0.2, -0.15) is 0 Å². The number of anilines is 1. The molecule has 5 heteroatoms. The molecule has 1 N–H and O–H groups in total. The van der Waals surface area contributed by atoms with Crippen molar-refractivity contribution >= 4 is 5.69 Å². The molecule has 4 nitrogen and oxygen atoms in total. The number of aliphatic hydroxyl groups is 1. The highest BCUT2D eigenvalue weighted by Gasteiger charge is 2.38. The Balaban J connectivity index is 1.64. The number of alkyl halides is 1. The first-order valence-electron chi connectivity index (χ1n) is 7.30. The molecule has 2 aliphatic rings. The Labute approximate surface area is 119 Å². The number of rotatable bonds is 3. The lowest BCUT2D eigenvalue weighted by Crippen LogP contribution is -2.59. The van der Waals surface area contributed by atoms with Crippen molar-refractivity contribution in [3.05, 3.63) is 24.0 Å². The number of hydrogen-bond acceptors (Lipinski definition) is 4. The average molecular weight is 279 g/mol. The van der Waals surface area contributed by atoms with Crippen LogP contribution in [0.15, 0.2) is 18.3 Å². The molecule has 2 fully saturated rings. The normalized spacial score (nSPS) is 28.4. The van der Waals surface area contributed by atoms with Gasteiger partial charge in [0.1, 0.15) is 6.17 Å². The minimum atomic E-state index is -0.733. The van der Waals surface area contributed by atoms with E-state index in [1.54, 1.807) is 0 Å². The first-order valence-corrected chi connectivity index (χ1v) is 7.30. The fourth-order valence-corrected chi connectivity index (χ4v) is 3.16. The number of piperidine rings is 1. The number of pyridine rings is 1. The predicted octanol–water partition coefficient (Wildman–Crippen LogP) is 1.38. The van der Waals surface area contributed by atoms with Gasteiger partial charge in [0.25, 0.3) is 0 Å². The number of β-amino-alcohol motifs (C(OH)–C–C–N with tert-alkyl or cyclic N) is 1. The highest BCUT2D eigenvalue weighted by atomic mass is 19.1. The van der Waals surface area contributed by atoms with Gasteiger partial charge in [-0.05, 0) is 31.9 Å². The van der Waals surface area contributed by atoms with Gasteiger partial charge in [-0.15, -0.1) is 0 Å². The Kier molecular flexibility index (Phi) is 3.65. The number of aryl methyl sites for hydroxylation is 1. The Morgan fingerprint density at radius 3 is 2.90 bits per heavy atom. The fourth-order valence-electron chi connectivity index (χ4n) is 3.16. The van der Waals surface area contributed by atoms with Crippen molar-refractivity contribution in [3.63, 3.8) is 0 Å². The van der Waals surface area contributed by atoms with Gasteiger partial charge < -0.3 is 10.0 Å². The van der Waals surface area contributed by atoms with E-state index < -0.39 is 11.8 Å². The fraction of sp³-hybridized carbons (Fsp3) is 0.667. The second kappa shape index (κ2) is 5.30. The minimum absolute atomic E-state index is 0.467. The molecular weight excluding hydrogens is 257 g/mol. The van der Waals surface area contributed by atoms with Crippen LogP contribution in [0.1, 0.15) is 18.5 Å². The first kappa shape index (κ1) is 13.8. The summed E-state index contributed by atoms with van der Waals surface area (Å²) >= 11 is 0. The number of hydrogen-bond donors (Lipinski definition) is 1. The van der Waals surface area contributed by atoms with E-state index in [2.05, 4.69) is 16.0 Å². The lowest BCUT2D eigenvalue weighted by atomic mass is 9.91. The zero-order valence-corrected chi connectivity index (χ0v) is 11.9. The van der Waals surface area contributed by atoms with Crippen LogP contribution in [0.3, 0.4) is 0 Å². The summed E-state index contributed by atoms with van der Waals surface area (Å²) in [5.74, 6) is 0. The van der Waals surface area contributed by atoms with Crippen molar-refractivity contribution in [2.75, 3.05) is 37.6 Å². The molecule has 0 aliphatic carbocycles.